The molecule has 0 saturated carbocycles. The van der Waals surface area contributed by atoms with Crippen molar-refractivity contribution in [3.05, 3.63) is 12.2 Å². The van der Waals surface area contributed by atoms with Crippen molar-refractivity contribution in [1.82, 2.24) is 0 Å². The molecule has 0 aromatic carbocycles. The zero-order valence-corrected chi connectivity index (χ0v) is 8.54. The van der Waals surface area contributed by atoms with Crippen molar-refractivity contribution < 1.29 is 4.79 Å². The van der Waals surface area contributed by atoms with E-state index in [1.807, 2.05) is 0 Å². The maximum absolute atomic E-state index is 10.4. The smallest absolute Gasteiger partial charge is 0.120 e. The van der Waals surface area contributed by atoms with E-state index in [0.29, 0.717) is 12.3 Å². The van der Waals surface area contributed by atoms with Gasteiger partial charge in [-0.1, -0.05) is 38.3 Å². The van der Waals surface area contributed by atoms with Crippen LogP contribution in [0.5, 0.6) is 0 Å². The summed E-state index contributed by atoms with van der Waals surface area (Å²) >= 11 is 0. The first-order valence-electron chi connectivity index (χ1n) is 5.43. The maximum Gasteiger partial charge on any atom is 0.120 e. The lowest BCUT2D eigenvalue weighted by Gasteiger charge is -2.07. The molecule has 13 heavy (non-hydrogen) atoms. The fourth-order valence-corrected chi connectivity index (χ4v) is 1.94. The minimum absolute atomic E-state index is 0.516. The van der Waals surface area contributed by atoms with Gasteiger partial charge in [0.1, 0.15) is 6.29 Å². The van der Waals surface area contributed by atoms with E-state index in [-0.39, 0.29) is 0 Å². The molecule has 0 spiro atoms. The normalized spacial score (nSPS) is 32.7. The van der Waals surface area contributed by atoms with E-state index in [9.17, 15) is 4.79 Å². The van der Waals surface area contributed by atoms with Crippen LogP contribution < -0.4 is 0 Å². The summed E-state index contributed by atoms with van der Waals surface area (Å²) in [5.41, 5.74) is 0. The summed E-state index contributed by atoms with van der Waals surface area (Å²) in [6.45, 7) is 2.31. The van der Waals surface area contributed by atoms with Crippen LogP contribution in [0.1, 0.15) is 45.4 Å². The Morgan fingerprint density at radius 3 is 2.92 bits per heavy atom. The Hall–Kier alpha value is -0.590. The molecule has 0 aromatic rings. The van der Waals surface area contributed by atoms with Crippen LogP contribution in [0, 0.1) is 11.8 Å². The second-order valence-corrected chi connectivity index (χ2v) is 4.22. The predicted octanol–water partition coefficient (Wildman–Crippen LogP) is 3.35. The molecule has 0 amide bonds. The summed E-state index contributed by atoms with van der Waals surface area (Å²) in [5, 5.41) is 0. The van der Waals surface area contributed by atoms with Crippen molar-refractivity contribution in [2.75, 3.05) is 0 Å². The molecule has 0 saturated heterocycles. The molecule has 1 aliphatic carbocycles. The van der Waals surface area contributed by atoms with Crippen LogP contribution in [0.3, 0.4) is 0 Å². The van der Waals surface area contributed by atoms with Gasteiger partial charge in [0, 0.05) is 6.42 Å². The molecule has 0 bridgehead atoms. The number of carbonyl (C=O) groups excluding carboxylic acids is 1. The molecule has 0 fully saturated rings. The van der Waals surface area contributed by atoms with Crippen molar-refractivity contribution in [2.24, 2.45) is 11.8 Å². The lowest BCUT2D eigenvalue weighted by Crippen LogP contribution is -1.96. The number of carbonyl (C=O) groups is 1. The Balaban J connectivity index is 2.42. The summed E-state index contributed by atoms with van der Waals surface area (Å²) in [7, 11) is 0. The minimum atomic E-state index is 0.516. The second kappa shape index (κ2) is 5.95. The average Bonchev–Trinajstić information content (AvgIpc) is 2.20. The monoisotopic (exact) mass is 180 g/mol. The molecule has 74 valence electrons. The lowest BCUT2D eigenvalue weighted by atomic mass is 9.98. The Kier molecular flexibility index (Phi) is 4.81. The first kappa shape index (κ1) is 10.5. The molecule has 2 atom stereocenters. The highest BCUT2D eigenvalue weighted by molar-refractivity contribution is 5.50. The third-order valence-electron chi connectivity index (χ3n) is 2.87. The van der Waals surface area contributed by atoms with Crippen LogP contribution in [0.15, 0.2) is 12.2 Å². The van der Waals surface area contributed by atoms with Crippen molar-refractivity contribution >= 4 is 6.29 Å². The molecule has 0 heterocycles. The quantitative estimate of drug-likeness (QED) is 0.470. The van der Waals surface area contributed by atoms with E-state index < -0.39 is 0 Å². The summed E-state index contributed by atoms with van der Waals surface area (Å²) in [6, 6.07) is 0. The van der Waals surface area contributed by atoms with Gasteiger partial charge in [0.15, 0.2) is 0 Å². The molecule has 1 heteroatoms. The van der Waals surface area contributed by atoms with E-state index in [4.69, 9.17) is 0 Å². The highest BCUT2D eigenvalue weighted by atomic mass is 16.1. The SMILES string of the molecule is C[C@H]1C/C=C/C(CC=O)CCCC1. The lowest BCUT2D eigenvalue weighted by molar-refractivity contribution is -0.108. The molecular formula is C12H20O. The maximum atomic E-state index is 10.4. The fraction of sp³-hybridized carbons (Fsp3) is 0.750. The van der Waals surface area contributed by atoms with Crippen LogP contribution >= 0.6 is 0 Å². The topological polar surface area (TPSA) is 17.1 Å². The first-order chi connectivity index (χ1) is 6.33. The van der Waals surface area contributed by atoms with Crippen molar-refractivity contribution in [3.8, 4) is 0 Å². The van der Waals surface area contributed by atoms with Crippen LogP contribution in [0.25, 0.3) is 0 Å². The minimum Gasteiger partial charge on any atom is -0.303 e. The van der Waals surface area contributed by atoms with Crippen LogP contribution in [0.4, 0.5) is 0 Å². The number of aldehydes is 1. The van der Waals surface area contributed by atoms with Gasteiger partial charge in [0.05, 0.1) is 0 Å². The van der Waals surface area contributed by atoms with Crippen LogP contribution in [-0.2, 0) is 4.79 Å². The second-order valence-electron chi connectivity index (χ2n) is 4.22. The molecular weight excluding hydrogens is 160 g/mol. The van der Waals surface area contributed by atoms with E-state index >= 15 is 0 Å². The predicted molar refractivity (Wildman–Crippen MR) is 55.6 cm³/mol. The van der Waals surface area contributed by atoms with Gasteiger partial charge >= 0.3 is 0 Å². The average molecular weight is 180 g/mol. The molecule has 0 aromatic heterocycles. The number of rotatable bonds is 2. The molecule has 0 N–H and O–H groups in total. The third-order valence-corrected chi connectivity index (χ3v) is 2.87. The number of hydrogen-bond donors (Lipinski definition) is 0. The summed E-state index contributed by atoms with van der Waals surface area (Å²) < 4.78 is 0. The third kappa shape index (κ3) is 4.25. The summed E-state index contributed by atoms with van der Waals surface area (Å²) in [6.07, 6.45) is 12.6. The highest BCUT2D eigenvalue weighted by Gasteiger charge is 2.07. The highest BCUT2D eigenvalue weighted by Crippen LogP contribution is 2.21. The summed E-state index contributed by atoms with van der Waals surface area (Å²) in [5.74, 6) is 1.34. The largest absolute Gasteiger partial charge is 0.303 e. The molecule has 0 radical (unpaired) electrons. The molecule has 0 aliphatic heterocycles. The van der Waals surface area contributed by atoms with Crippen LogP contribution in [0.2, 0.25) is 0 Å². The van der Waals surface area contributed by atoms with Crippen molar-refractivity contribution in [2.45, 2.75) is 45.4 Å². The molecule has 1 aliphatic rings. The Bertz CT molecular complexity index is 172. The standard InChI is InChI=1S/C12H20O/c1-11-5-2-3-7-12(9-10-13)8-4-6-11/h4,8,10-12H,2-3,5-7,9H2,1H3/b8-4+/t11-,12?/m1/s1. The van der Waals surface area contributed by atoms with Gasteiger partial charge in [0.25, 0.3) is 0 Å². The van der Waals surface area contributed by atoms with E-state index in [2.05, 4.69) is 19.1 Å². The van der Waals surface area contributed by atoms with Gasteiger partial charge in [-0.05, 0) is 24.7 Å². The number of hydrogen-bond acceptors (Lipinski definition) is 1. The zero-order chi connectivity index (χ0) is 9.52. The summed E-state index contributed by atoms with van der Waals surface area (Å²) in [4.78, 5) is 10.4. The van der Waals surface area contributed by atoms with Gasteiger partial charge in [-0.15, -0.1) is 0 Å². The van der Waals surface area contributed by atoms with Gasteiger partial charge in [-0.25, -0.2) is 0 Å². The molecule has 1 rings (SSSR count). The van der Waals surface area contributed by atoms with Crippen LogP contribution in [-0.4, -0.2) is 6.29 Å². The van der Waals surface area contributed by atoms with E-state index in [0.717, 1.165) is 12.2 Å². The van der Waals surface area contributed by atoms with Gasteiger partial charge in [0.2, 0.25) is 0 Å². The van der Waals surface area contributed by atoms with Crippen molar-refractivity contribution in [3.63, 3.8) is 0 Å². The number of allylic oxidation sites excluding steroid dienone is 2. The van der Waals surface area contributed by atoms with Gasteiger partial charge in [-0.3, -0.25) is 0 Å². The van der Waals surface area contributed by atoms with E-state index in [1.54, 1.807) is 0 Å². The fourth-order valence-electron chi connectivity index (χ4n) is 1.94. The van der Waals surface area contributed by atoms with Gasteiger partial charge in [-0.2, -0.15) is 0 Å². The van der Waals surface area contributed by atoms with Crippen molar-refractivity contribution in [1.29, 1.82) is 0 Å². The Labute approximate surface area is 81.2 Å². The molecule has 1 nitrogen and oxygen atoms in total. The van der Waals surface area contributed by atoms with Gasteiger partial charge < -0.3 is 4.79 Å². The Morgan fingerprint density at radius 1 is 1.38 bits per heavy atom. The Morgan fingerprint density at radius 2 is 2.15 bits per heavy atom. The van der Waals surface area contributed by atoms with E-state index in [1.165, 1.54) is 32.1 Å². The molecule has 1 unspecified atom stereocenters. The first-order valence-corrected chi connectivity index (χ1v) is 5.43. The zero-order valence-electron chi connectivity index (χ0n) is 8.54.